The molecule has 0 aliphatic carbocycles. The summed E-state index contributed by atoms with van der Waals surface area (Å²) in [7, 11) is 0. The standard InChI is InChI=1S/C16H25N3O/c1-13(17)7-6-10-16(20)18-14-8-2-3-9-15(14)19-11-4-5-12-19/h2-3,8-9,13H,4-7,10-12,17H2,1H3,(H,18,20). The topological polar surface area (TPSA) is 58.4 Å². The smallest absolute Gasteiger partial charge is 0.224 e. The van der Waals surface area contributed by atoms with E-state index in [2.05, 4.69) is 16.3 Å². The molecule has 1 saturated heterocycles. The largest absolute Gasteiger partial charge is 0.370 e. The molecule has 4 nitrogen and oxygen atoms in total. The second-order valence-corrected chi connectivity index (χ2v) is 5.63. The van der Waals surface area contributed by atoms with Crippen LogP contribution in [0.3, 0.4) is 0 Å². The van der Waals surface area contributed by atoms with Gasteiger partial charge in [-0.3, -0.25) is 4.79 Å². The number of nitrogens with two attached hydrogens (primary N) is 1. The van der Waals surface area contributed by atoms with Crippen LogP contribution in [0, 0.1) is 0 Å². The number of anilines is 2. The Bertz CT molecular complexity index is 439. The van der Waals surface area contributed by atoms with Crippen LogP contribution in [0.1, 0.15) is 39.0 Å². The number of amides is 1. The molecule has 1 aromatic carbocycles. The first kappa shape index (κ1) is 14.9. The Morgan fingerprint density at radius 3 is 2.75 bits per heavy atom. The maximum atomic E-state index is 12.0. The van der Waals surface area contributed by atoms with Crippen molar-refractivity contribution in [3.8, 4) is 0 Å². The second-order valence-electron chi connectivity index (χ2n) is 5.63. The molecular weight excluding hydrogens is 250 g/mol. The molecule has 1 atom stereocenters. The number of carbonyl (C=O) groups is 1. The van der Waals surface area contributed by atoms with Gasteiger partial charge in [0.25, 0.3) is 0 Å². The Balaban J connectivity index is 1.93. The molecule has 4 heteroatoms. The summed E-state index contributed by atoms with van der Waals surface area (Å²) < 4.78 is 0. The molecule has 0 saturated carbocycles. The number of benzene rings is 1. The maximum Gasteiger partial charge on any atom is 0.224 e. The summed E-state index contributed by atoms with van der Waals surface area (Å²) in [4.78, 5) is 14.3. The van der Waals surface area contributed by atoms with Crippen molar-refractivity contribution in [2.24, 2.45) is 5.73 Å². The van der Waals surface area contributed by atoms with E-state index in [4.69, 9.17) is 5.73 Å². The first-order valence-corrected chi connectivity index (χ1v) is 7.56. The first-order valence-electron chi connectivity index (χ1n) is 7.56. The molecule has 0 aromatic heterocycles. The van der Waals surface area contributed by atoms with E-state index in [9.17, 15) is 4.79 Å². The summed E-state index contributed by atoms with van der Waals surface area (Å²) in [5, 5.41) is 3.04. The van der Waals surface area contributed by atoms with Crippen LogP contribution >= 0.6 is 0 Å². The van der Waals surface area contributed by atoms with Crippen molar-refractivity contribution in [3.05, 3.63) is 24.3 Å². The molecule has 0 radical (unpaired) electrons. The highest BCUT2D eigenvalue weighted by Gasteiger charge is 2.16. The van der Waals surface area contributed by atoms with E-state index in [1.807, 2.05) is 25.1 Å². The van der Waals surface area contributed by atoms with Crippen molar-refractivity contribution >= 4 is 17.3 Å². The van der Waals surface area contributed by atoms with Crippen LogP contribution in [-0.2, 0) is 4.79 Å². The van der Waals surface area contributed by atoms with Crippen LogP contribution in [0.5, 0.6) is 0 Å². The maximum absolute atomic E-state index is 12.0. The average molecular weight is 275 g/mol. The molecule has 1 unspecified atom stereocenters. The normalized spacial score (nSPS) is 16.2. The second kappa shape index (κ2) is 7.29. The number of hydrogen-bond donors (Lipinski definition) is 2. The van der Waals surface area contributed by atoms with Crippen LogP contribution in [0.15, 0.2) is 24.3 Å². The minimum atomic E-state index is 0.0808. The number of carbonyl (C=O) groups excluding carboxylic acids is 1. The summed E-state index contributed by atoms with van der Waals surface area (Å²) in [6.07, 6.45) is 4.74. The minimum Gasteiger partial charge on any atom is -0.370 e. The molecule has 1 amide bonds. The number of hydrogen-bond acceptors (Lipinski definition) is 3. The lowest BCUT2D eigenvalue weighted by molar-refractivity contribution is -0.116. The van der Waals surface area contributed by atoms with Crippen molar-refractivity contribution in [1.29, 1.82) is 0 Å². The van der Waals surface area contributed by atoms with Crippen molar-refractivity contribution < 1.29 is 4.79 Å². The van der Waals surface area contributed by atoms with Crippen LogP contribution in [0.4, 0.5) is 11.4 Å². The zero-order valence-corrected chi connectivity index (χ0v) is 12.3. The first-order chi connectivity index (χ1) is 9.66. The Morgan fingerprint density at radius 2 is 2.05 bits per heavy atom. The van der Waals surface area contributed by atoms with E-state index >= 15 is 0 Å². The van der Waals surface area contributed by atoms with Crippen molar-refractivity contribution in [3.63, 3.8) is 0 Å². The molecule has 2 rings (SSSR count). The molecule has 1 aromatic rings. The van der Waals surface area contributed by atoms with Gasteiger partial charge in [0.15, 0.2) is 0 Å². The molecule has 1 aliphatic heterocycles. The highest BCUT2D eigenvalue weighted by molar-refractivity contribution is 5.94. The summed E-state index contributed by atoms with van der Waals surface area (Å²) >= 11 is 0. The number of para-hydroxylation sites is 2. The van der Waals surface area contributed by atoms with Gasteiger partial charge >= 0.3 is 0 Å². The van der Waals surface area contributed by atoms with Gasteiger partial charge in [0.1, 0.15) is 0 Å². The highest BCUT2D eigenvalue weighted by Crippen LogP contribution is 2.28. The predicted molar refractivity (Wildman–Crippen MR) is 84.0 cm³/mol. The third-order valence-corrected chi connectivity index (χ3v) is 3.69. The molecule has 0 bridgehead atoms. The van der Waals surface area contributed by atoms with Gasteiger partial charge in [-0.15, -0.1) is 0 Å². The van der Waals surface area contributed by atoms with Crippen LogP contribution in [0.2, 0.25) is 0 Å². The fraction of sp³-hybridized carbons (Fsp3) is 0.562. The third-order valence-electron chi connectivity index (χ3n) is 3.69. The van der Waals surface area contributed by atoms with Gasteiger partial charge in [-0.2, -0.15) is 0 Å². The molecule has 20 heavy (non-hydrogen) atoms. The van der Waals surface area contributed by atoms with Crippen molar-refractivity contribution in [2.45, 2.75) is 45.1 Å². The monoisotopic (exact) mass is 275 g/mol. The zero-order chi connectivity index (χ0) is 14.4. The van der Waals surface area contributed by atoms with E-state index in [-0.39, 0.29) is 11.9 Å². The summed E-state index contributed by atoms with van der Waals surface area (Å²) in [5.41, 5.74) is 7.77. The van der Waals surface area contributed by atoms with Crippen LogP contribution in [0.25, 0.3) is 0 Å². The van der Waals surface area contributed by atoms with Crippen molar-refractivity contribution in [2.75, 3.05) is 23.3 Å². The molecular formula is C16H25N3O. The van der Waals surface area contributed by atoms with Crippen LogP contribution in [-0.4, -0.2) is 25.0 Å². The predicted octanol–water partition coefficient (Wildman–Crippen LogP) is 2.74. The lowest BCUT2D eigenvalue weighted by Gasteiger charge is -2.21. The summed E-state index contributed by atoms with van der Waals surface area (Å²) in [6, 6.07) is 8.23. The number of rotatable bonds is 6. The fourth-order valence-corrected chi connectivity index (χ4v) is 2.61. The summed E-state index contributed by atoms with van der Waals surface area (Å²) in [5.74, 6) is 0.0808. The Morgan fingerprint density at radius 1 is 1.35 bits per heavy atom. The molecule has 3 N–H and O–H groups in total. The quantitative estimate of drug-likeness (QED) is 0.839. The third kappa shape index (κ3) is 4.23. The average Bonchev–Trinajstić information content (AvgIpc) is 2.92. The van der Waals surface area contributed by atoms with Gasteiger partial charge in [-0.05, 0) is 44.7 Å². The fourth-order valence-electron chi connectivity index (χ4n) is 2.61. The molecule has 1 fully saturated rings. The Kier molecular flexibility index (Phi) is 5.41. The van der Waals surface area contributed by atoms with E-state index in [0.717, 1.165) is 37.3 Å². The number of nitrogens with one attached hydrogen (secondary N) is 1. The zero-order valence-electron chi connectivity index (χ0n) is 12.3. The molecule has 1 aliphatic rings. The van der Waals surface area contributed by atoms with Gasteiger partial charge < -0.3 is 16.0 Å². The van der Waals surface area contributed by atoms with Gasteiger partial charge in [0.05, 0.1) is 11.4 Å². The lowest BCUT2D eigenvalue weighted by Crippen LogP contribution is -2.21. The number of nitrogens with zero attached hydrogens (tertiary/aromatic N) is 1. The van der Waals surface area contributed by atoms with E-state index in [0.29, 0.717) is 6.42 Å². The van der Waals surface area contributed by atoms with Gasteiger partial charge in [-0.25, -0.2) is 0 Å². The highest BCUT2D eigenvalue weighted by atomic mass is 16.1. The molecule has 110 valence electrons. The van der Waals surface area contributed by atoms with Crippen molar-refractivity contribution in [1.82, 2.24) is 0 Å². The SMILES string of the molecule is CC(N)CCCC(=O)Nc1ccccc1N1CCCC1. The van der Waals surface area contributed by atoms with E-state index in [1.165, 1.54) is 12.8 Å². The lowest BCUT2D eigenvalue weighted by atomic mass is 10.1. The summed E-state index contributed by atoms with van der Waals surface area (Å²) in [6.45, 7) is 4.13. The van der Waals surface area contributed by atoms with Gasteiger partial charge in [0.2, 0.25) is 5.91 Å². The van der Waals surface area contributed by atoms with E-state index in [1.54, 1.807) is 0 Å². The van der Waals surface area contributed by atoms with Gasteiger partial charge in [0, 0.05) is 25.6 Å². The molecule has 1 heterocycles. The molecule has 0 spiro atoms. The van der Waals surface area contributed by atoms with Crippen LogP contribution < -0.4 is 16.0 Å². The van der Waals surface area contributed by atoms with E-state index < -0.39 is 0 Å². The minimum absolute atomic E-state index is 0.0808. The van der Waals surface area contributed by atoms with Gasteiger partial charge in [-0.1, -0.05) is 12.1 Å². The Hall–Kier alpha value is -1.55. The Labute approximate surface area is 121 Å².